The Kier molecular flexibility index (Phi) is 14.8. The van der Waals surface area contributed by atoms with Crippen LogP contribution in [0, 0.1) is 0 Å². The van der Waals surface area contributed by atoms with Gasteiger partial charge in [0.1, 0.15) is 0 Å². The van der Waals surface area contributed by atoms with E-state index in [0.717, 1.165) is 0 Å². The molecule has 2 aliphatic rings. The first kappa shape index (κ1) is 31.4. The minimum absolute atomic E-state index is 0. The van der Waals surface area contributed by atoms with E-state index in [2.05, 4.69) is 64.1 Å². The van der Waals surface area contributed by atoms with Gasteiger partial charge in [-0.05, 0) is 0 Å². The molecule has 0 bridgehead atoms. The fraction of sp³-hybridized carbons (Fsp3) is 0.615. The quantitative estimate of drug-likeness (QED) is 0.352. The van der Waals surface area contributed by atoms with Gasteiger partial charge in [0, 0.05) is 16.1 Å². The van der Waals surface area contributed by atoms with Crippen LogP contribution in [0.15, 0.2) is 36.4 Å². The molecule has 2 heterocycles. The Balaban J connectivity index is 0.000000529. The van der Waals surface area contributed by atoms with Crippen molar-refractivity contribution >= 4 is 26.5 Å². The molecule has 0 aliphatic carbocycles. The standard InChI is InChI=1S/2C13H21Si.2ClH.Ti/c2*1-3-8-14(9-5-10-14)13-7-6-12(4-2)11-13;;;/h2*6-7,11H,3-5,8-10H2,1-2H3;2*1H;/q2*-1;;;+4/p-2. The van der Waals surface area contributed by atoms with E-state index in [4.69, 9.17) is 0 Å². The van der Waals surface area contributed by atoms with E-state index in [1.807, 2.05) is 0 Å². The van der Waals surface area contributed by atoms with Gasteiger partial charge < -0.3 is 24.8 Å². The van der Waals surface area contributed by atoms with E-state index in [1.165, 1.54) is 50.6 Å². The molecule has 0 radical (unpaired) electrons. The van der Waals surface area contributed by atoms with Gasteiger partial charge in [0.15, 0.2) is 0 Å². The van der Waals surface area contributed by atoms with Gasteiger partial charge in [-0.25, -0.2) is 22.5 Å². The molecule has 4 rings (SSSR count). The number of hydrogen-bond donors (Lipinski definition) is 0. The fourth-order valence-corrected chi connectivity index (χ4v) is 14.5. The van der Waals surface area contributed by atoms with E-state index in [1.54, 1.807) is 45.7 Å². The molecule has 2 aliphatic heterocycles. The summed E-state index contributed by atoms with van der Waals surface area (Å²) < 4.78 is 0. The minimum atomic E-state index is -0.914. The third-order valence-electron chi connectivity index (χ3n) is 7.76. The second-order valence-electron chi connectivity index (χ2n) is 9.49. The van der Waals surface area contributed by atoms with Crippen LogP contribution < -0.4 is 35.2 Å². The summed E-state index contributed by atoms with van der Waals surface area (Å²) in [6, 6.07) is 23.9. The van der Waals surface area contributed by atoms with Gasteiger partial charge in [0.25, 0.3) is 0 Å². The molecule has 2 saturated heterocycles. The summed E-state index contributed by atoms with van der Waals surface area (Å²) in [6.45, 7) is 9.20. The zero-order valence-corrected chi connectivity index (χ0v) is 25.3. The van der Waals surface area contributed by atoms with Crippen molar-refractivity contribution in [1.82, 2.24) is 0 Å². The van der Waals surface area contributed by atoms with E-state index < -0.39 is 16.1 Å². The summed E-state index contributed by atoms with van der Waals surface area (Å²) >= 11 is 0. The maximum atomic E-state index is 2.50. The molecule has 2 aromatic carbocycles. The Labute approximate surface area is 221 Å². The van der Waals surface area contributed by atoms with Gasteiger partial charge >= 0.3 is 21.7 Å². The summed E-state index contributed by atoms with van der Waals surface area (Å²) in [5, 5.41) is 3.53. The smallest absolute Gasteiger partial charge is 1.00 e. The molecule has 2 fully saturated rings. The van der Waals surface area contributed by atoms with Gasteiger partial charge in [-0.15, -0.1) is 0 Å². The van der Waals surface area contributed by atoms with E-state index in [0.29, 0.717) is 0 Å². The van der Waals surface area contributed by atoms with Crippen LogP contribution >= 0.6 is 0 Å². The molecule has 0 aromatic heterocycles. The molecular formula is C26H42Cl2Si2Ti. The van der Waals surface area contributed by atoms with Crippen LogP contribution in [0.5, 0.6) is 0 Å². The van der Waals surface area contributed by atoms with Crippen molar-refractivity contribution in [3.63, 3.8) is 0 Å². The fourth-order valence-electron chi connectivity index (χ4n) is 5.62. The second kappa shape index (κ2) is 14.6. The summed E-state index contributed by atoms with van der Waals surface area (Å²) in [5.74, 6) is 0. The predicted molar refractivity (Wildman–Crippen MR) is 132 cm³/mol. The van der Waals surface area contributed by atoms with E-state index >= 15 is 0 Å². The molecular weight excluding hydrogens is 487 g/mol. The summed E-state index contributed by atoms with van der Waals surface area (Å²) in [7, 11) is -1.83. The SMILES string of the molecule is CCC[Si]1(c2cc[c-](CC)c2)CCC1.CCC[Si]1(c2cc[c-](CC)c2)CCC1.[Cl-].[Cl-].[Ti+4]. The van der Waals surface area contributed by atoms with E-state index in [9.17, 15) is 0 Å². The number of hydrogen-bond acceptors (Lipinski definition) is 0. The maximum absolute atomic E-state index is 2.50. The zero-order chi connectivity index (χ0) is 20.0. The second-order valence-corrected chi connectivity index (χ2v) is 18.8. The van der Waals surface area contributed by atoms with Crippen molar-refractivity contribution in [2.75, 3.05) is 0 Å². The summed E-state index contributed by atoms with van der Waals surface area (Å²) in [5.41, 5.74) is 3.10. The first-order valence-corrected chi connectivity index (χ1v) is 17.4. The van der Waals surface area contributed by atoms with E-state index in [-0.39, 0.29) is 46.5 Å². The minimum Gasteiger partial charge on any atom is -1.00 e. The Morgan fingerprint density at radius 1 is 0.677 bits per heavy atom. The average Bonchev–Trinajstić information content (AvgIpc) is 3.31. The molecule has 2 aromatic rings. The van der Waals surface area contributed by atoms with Crippen LogP contribution in [0.3, 0.4) is 0 Å². The predicted octanol–water partition coefficient (Wildman–Crippen LogP) is 0.880. The Hall–Kier alpha value is 0.428. The molecule has 172 valence electrons. The maximum Gasteiger partial charge on any atom is 4.00 e. The van der Waals surface area contributed by atoms with Crippen molar-refractivity contribution in [1.29, 1.82) is 0 Å². The van der Waals surface area contributed by atoms with Crippen molar-refractivity contribution in [3.05, 3.63) is 47.5 Å². The van der Waals surface area contributed by atoms with Crippen LogP contribution in [0.1, 0.15) is 64.5 Å². The normalized spacial score (nSPS) is 17.4. The summed E-state index contributed by atoms with van der Waals surface area (Å²) in [6.07, 6.45) is 8.18. The van der Waals surface area contributed by atoms with Gasteiger partial charge in [0.2, 0.25) is 0 Å². The van der Waals surface area contributed by atoms with Crippen LogP contribution in [-0.4, -0.2) is 16.1 Å². The van der Waals surface area contributed by atoms with Crippen molar-refractivity contribution in [2.45, 2.75) is 102 Å². The van der Waals surface area contributed by atoms with Gasteiger partial charge in [-0.3, -0.25) is 0 Å². The first-order chi connectivity index (χ1) is 13.6. The van der Waals surface area contributed by atoms with Gasteiger partial charge in [0.05, 0.1) is 0 Å². The van der Waals surface area contributed by atoms with Crippen molar-refractivity contribution in [2.24, 2.45) is 0 Å². The molecule has 31 heavy (non-hydrogen) atoms. The third-order valence-corrected chi connectivity index (χ3v) is 19.0. The molecule has 0 nitrogen and oxygen atoms in total. The molecule has 0 saturated carbocycles. The molecule has 0 atom stereocenters. The van der Waals surface area contributed by atoms with Gasteiger partial charge in [-0.2, -0.15) is 35.4 Å². The third kappa shape index (κ3) is 7.20. The van der Waals surface area contributed by atoms with Crippen LogP contribution in [-0.2, 0) is 34.6 Å². The number of halogens is 2. The van der Waals surface area contributed by atoms with Crippen LogP contribution in [0.25, 0.3) is 0 Å². The largest absolute Gasteiger partial charge is 4.00 e. The first-order valence-electron chi connectivity index (χ1n) is 12.1. The monoisotopic (exact) mass is 528 g/mol. The zero-order valence-electron chi connectivity index (χ0n) is 20.2. The van der Waals surface area contributed by atoms with Crippen molar-refractivity contribution < 1.29 is 46.5 Å². The Morgan fingerprint density at radius 3 is 1.23 bits per heavy atom. The molecule has 5 heteroatoms. The average molecular weight is 530 g/mol. The topological polar surface area (TPSA) is 0 Å². The van der Waals surface area contributed by atoms with Gasteiger partial charge in [-0.1, -0.05) is 102 Å². The molecule has 0 amide bonds. The van der Waals surface area contributed by atoms with Crippen LogP contribution in [0.4, 0.5) is 0 Å². The molecule has 0 unspecified atom stereocenters. The van der Waals surface area contributed by atoms with Crippen LogP contribution in [0.2, 0.25) is 36.3 Å². The van der Waals surface area contributed by atoms with Crippen molar-refractivity contribution in [3.8, 4) is 0 Å². The number of aryl methyl sites for hydroxylation is 2. The Bertz CT molecular complexity index is 667. The number of rotatable bonds is 8. The molecule has 0 N–H and O–H groups in total. The summed E-state index contributed by atoms with van der Waals surface area (Å²) in [4.78, 5) is 0. The molecule has 0 spiro atoms. The Morgan fingerprint density at radius 2 is 1.03 bits per heavy atom.